The van der Waals surface area contributed by atoms with Gasteiger partial charge in [-0.05, 0) is 64.7 Å². The van der Waals surface area contributed by atoms with Crippen molar-refractivity contribution in [2.75, 3.05) is 19.8 Å². The molecule has 0 radical (unpaired) electrons. The number of hydrogen-bond acceptors (Lipinski definition) is 4. The Balaban J connectivity index is 1.39. The van der Waals surface area contributed by atoms with Crippen LogP contribution in [-0.4, -0.2) is 31.8 Å². The van der Waals surface area contributed by atoms with Gasteiger partial charge in [0.2, 0.25) is 0 Å². The Bertz CT molecular complexity index is 763. The standard InChI is InChI=1S/C20H21BrFNO4/c21-18-10-15(22)5-8-19(18)27-13-20(24)23-11-14-3-6-16(7-4-14)26-12-17-2-1-9-25-17/h3-8,10,17H,1-2,9,11-13H2,(H,23,24). The molecule has 5 nitrogen and oxygen atoms in total. The molecule has 1 heterocycles. The van der Waals surface area contributed by atoms with Crippen LogP contribution in [-0.2, 0) is 16.1 Å². The van der Waals surface area contributed by atoms with Gasteiger partial charge < -0.3 is 19.5 Å². The fraction of sp³-hybridized carbons (Fsp3) is 0.350. The maximum atomic E-state index is 13.0. The third-order valence-corrected chi connectivity index (χ3v) is 4.75. The first-order valence-electron chi connectivity index (χ1n) is 8.78. The lowest BCUT2D eigenvalue weighted by molar-refractivity contribution is -0.123. The zero-order valence-corrected chi connectivity index (χ0v) is 16.3. The van der Waals surface area contributed by atoms with E-state index in [1.807, 2.05) is 24.3 Å². The molecule has 1 atom stereocenters. The predicted octanol–water partition coefficient (Wildman–Crippen LogP) is 3.84. The van der Waals surface area contributed by atoms with Crippen LogP contribution in [0.25, 0.3) is 0 Å². The third-order valence-electron chi connectivity index (χ3n) is 4.13. The summed E-state index contributed by atoms with van der Waals surface area (Å²) in [6.45, 7) is 1.62. The number of amides is 1. The van der Waals surface area contributed by atoms with Gasteiger partial charge in [-0.2, -0.15) is 0 Å². The number of nitrogens with one attached hydrogen (secondary N) is 1. The van der Waals surface area contributed by atoms with E-state index in [1.165, 1.54) is 18.2 Å². The van der Waals surface area contributed by atoms with E-state index < -0.39 is 0 Å². The van der Waals surface area contributed by atoms with Crippen LogP contribution in [0.4, 0.5) is 4.39 Å². The second-order valence-corrected chi connectivity index (χ2v) is 7.08. The van der Waals surface area contributed by atoms with Crippen molar-refractivity contribution in [3.8, 4) is 11.5 Å². The van der Waals surface area contributed by atoms with E-state index in [1.54, 1.807) is 0 Å². The number of carbonyl (C=O) groups excluding carboxylic acids is 1. The fourth-order valence-electron chi connectivity index (χ4n) is 2.66. The van der Waals surface area contributed by atoms with Gasteiger partial charge in [-0.25, -0.2) is 4.39 Å². The van der Waals surface area contributed by atoms with Gasteiger partial charge in [-0.3, -0.25) is 4.79 Å². The highest BCUT2D eigenvalue weighted by Crippen LogP contribution is 2.25. The monoisotopic (exact) mass is 437 g/mol. The van der Waals surface area contributed by atoms with E-state index in [0.717, 1.165) is 30.8 Å². The van der Waals surface area contributed by atoms with Crippen LogP contribution in [0.5, 0.6) is 11.5 Å². The highest BCUT2D eigenvalue weighted by atomic mass is 79.9. The van der Waals surface area contributed by atoms with Crippen LogP contribution >= 0.6 is 15.9 Å². The summed E-state index contributed by atoms with van der Waals surface area (Å²) in [5, 5.41) is 2.78. The Morgan fingerprint density at radius 1 is 1.22 bits per heavy atom. The van der Waals surface area contributed by atoms with E-state index in [4.69, 9.17) is 14.2 Å². The number of halogens is 2. The minimum Gasteiger partial charge on any atom is -0.491 e. The van der Waals surface area contributed by atoms with Gasteiger partial charge in [-0.1, -0.05) is 12.1 Å². The molecule has 7 heteroatoms. The third kappa shape index (κ3) is 6.22. The first kappa shape index (κ1) is 19.6. The Kier molecular flexibility index (Phi) is 7.06. The first-order valence-corrected chi connectivity index (χ1v) is 9.57. The Morgan fingerprint density at radius 2 is 2.04 bits per heavy atom. The molecule has 2 aromatic carbocycles. The van der Waals surface area contributed by atoms with Gasteiger partial charge >= 0.3 is 0 Å². The number of ether oxygens (including phenoxy) is 3. The molecule has 144 valence electrons. The Hall–Kier alpha value is -2.12. The average molecular weight is 438 g/mol. The largest absolute Gasteiger partial charge is 0.491 e. The summed E-state index contributed by atoms with van der Waals surface area (Å²) in [6.07, 6.45) is 2.32. The van der Waals surface area contributed by atoms with Crippen molar-refractivity contribution in [3.63, 3.8) is 0 Å². The normalized spacial score (nSPS) is 16.1. The molecule has 1 unspecified atom stereocenters. The van der Waals surface area contributed by atoms with Gasteiger partial charge in [0.15, 0.2) is 6.61 Å². The second-order valence-electron chi connectivity index (χ2n) is 6.23. The molecule has 1 fully saturated rings. The van der Waals surface area contributed by atoms with E-state index >= 15 is 0 Å². The lowest BCUT2D eigenvalue weighted by atomic mass is 10.2. The van der Waals surface area contributed by atoms with Gasteiger partial charge in [0.1, 0.15) is 23.9 Å². The SMILES string of the molecule is O=C(COc1ccc(F)cc1Br)NCc1ccc(OCC2CCCO2)cc1. The van der Waals surface area contributed by atoms with Gasteiger partial charge in [0.05, 0.1) is 10.6 Å². The minimum atomic E-state index is -0.373. The molecule has 1 amide bonds. The Morgan fingerprint density at radius 3 is 2.74 bits per heavy atom. The van der Waals surface area contributed by atoms with Crippen LogP contribution in [0.15, 0.2) is 46.9 Å². The van der Waals surface area contributed by atoms with E-state index in [-0.39, 0.29) is 24.4 Å². The van der Waals surface area contributed by atoms with Crippen LogP contribution in [0.2, 0.25) is 0 Å². The molecular formula is C20H21BrFNO4. The molecule has 2 aromatic rings. The highest BCUT2D eigenvalue weighted by Gasteiger charge is 2.15. The number of rotatable bonds is 8. The molecule has 1 aliphatic rings. The van der Waals surface area contributed by atoms with Crippen molar-refractivity contribution in [1.82, 2.24) is 5.32 Å². The van der Waals surface area contributed by atoms with Crippen LogP contribution in [0, 0.1) is 5.82 Å². The molecular weight excluding hydrogens is 417 g/mol. The van der Waals surface area contributed by atoms with E-state index in [0.29, 0.717) is 23.4 Å². The zero-order valence-electron chi connectivity index (χ0n) is 14.8. The van der Waals surface area contributed by atoms with Crippen molar-refractivity contribution in [2.24, 2.45) is 0 Å². The van der Waals surface area contributed by atoms with Crippen LogP contribution in [0.3, 0.4) is 0 Å². The summed E-state index contributed by atoms with van der Waals surface area (Å²) in [5.41, 5.74) is 0.954. The van der Waals surface area contributed by atoms with E-state index in [9.17, 15) is 9.18 Å². The van der Waals surface area contributed by atoms with Crippen LogP contribution < -0.4 is 14.8 Å². The lowest BCUT2D eigenvalue weighted by Gasteiger charge is -2.12. The maximum Gasteiger partial charge on any atom is 0.258 e. The number of benzene rings is 2. The molecule has 3 rings (SSSR count). The van der Waals surface area contributed by atoms with Gasteiger partial charge in [0, 0.05) is 13.2 Å². The van der Waals surface area contributed by atoms with Gasteiger partial charge in [0.25, 0.3) is 5.91 Å². The molecule has 0 spiro atoms. The molecule has 0 aliphatic carbocycles. The predicted molar refractivity (Wildman–Crippen MR) is 102 cm³/mol. The van der Waals surface area contributed by atoms with Crippen molar-refractivity contribution in [3.05, 3.63) is 58.3 Å². The van der Waals surface area contributed by atoms with Crippen molar-refractivity contribution in [2.45, 2.75) is 25.5 Å². The molecule has 1 aliphatic heterocycles. The zero-order chi connectivity index (χ0) is 19.1. The average Bonchev–Trinajstić information content (AvgIpc) is 3.18. The van der Waals surface area contributed by atoms with E-state index in [2.05, 4.69) is 21.2 Å². The highest BCUT2D eigenvalue weighted by molar-refractivity contribution is 9.10. The van der Waals surface area contributed by atoms with Crippen LogP contribution in [0.1, 0.15) is 18.4 Å². The Labute approximate surface area is 165 Å². The molecule has 0 bridgehead atoms. The van der Waals surface area contributed by atoms with Crippen molar-refractivity contribution >= 4 is 21.8 Å². The molecule has 1 N–H and O–H groups in total. The summed E-state index contributed by atoms with van der Waals surface area (Å²) in [6, 6.07) is 11.6. The quantitative estimate of drug-likeness (QED) is 0.681. The summed E-state index contributed by atoms with van der Waals surface area (Å²) in [7, 11) is 0. The maximum absolute atomic E-state index is 13.0. The smallest absolute Gasteiger partial charge is 0.258 e. The minimum absolute atomic E-state index is 0.146. The molecule has 27 heavy (non-hydrogen) atoms. The summed E-state index contributed by atoms with van der Waals surface area (Å²) in [4.78, 5) is 11.9. The van der Waals surface area contributed by atoms with Gasteiger partial charge in [-0.15, -0.1) is 0 Å². The second kappa shape index (κ2) is 9.71. The summed E-state index contributed by atoms with van der Waals surface area (Å²) < 4.78 is 30.1. The first-order chi connectivity index (χ1) is 13.1. The lowest BCUT2D eigenvalue weighted by Crippen LogP contribution is -2.28. The molecule has 1 saturated heterocycles. The number of carbonyl (C=O) groups is 1. The number of hydrogen-bond donors (Lipinski definition) is 1. The molecule has 0 saturated carbocycles. The van der Waals surface area contributed by atoms with Crippen molar-refractivity contribution in [1.29, 1.82) is 0 Å². The van der Waals surface area contributed by atoms with Crippen molar-refractivity contribution < 1.29 is 23.4 Å². The summed E-state index contributed by atoms with van der Waals surface area (Å²) >= 11 is 3.20. The summed E-state index contributed by atoms with van der Waals surface area (Å²) in [5.74, 6) is 0.566. The molecule has 0 aromatic heterocycles. The fourth-order valence-corrected chi connectivity index (χ4v) is 3.12. The topological polar surface area (TPSA) is 56.8 Å².